The Hall–Kier alpha value is -2.50. The van der Waals surface area contributed by atoms with Gasteiger partial charge in [0.15, 0.2) is 5.82 Å². The van der Waals surface area contributed by atoms with Crippen LogP contribution in [0.2, 0.25) is 0 Å². The van der Waals surface area contributed by atoms with Crippen LogP contribution in [0.25, 0.3) is 6.08 Å². The molecule has 0 bridgehead atoms. The Morgan fingerprint density at radius 3 is 2.95 bits per heavy atom. The van der Waals surface area contributed by atoms with Gasteiger partial charge in [-0.3, -0.25) is 4.79 Å². The third-order valence-corrected chi connectivity index (χ3v) is 3.19. The molecule has 110 valence electrons. The summed E-state index contributed by atoms with van der Waals surface area (Å²) in [6.07, 6.45) is 3.41. The second-order valence-electron chi connectivity index (χ2n) is 5.14. The summed E-state index contributed by atoms with van der Waals surface area (Å²) in [5.41, 5.74) is 2.19. The van der Waals surface area contributed by atoms with Crippen molar-refractivity contribution in [1.82, 2.24) is 25.5 Å². The standard InChI is InChI=1S/C15H19N5O/c1-11-5-4-6-13(9-11)7-8-14(21)20(3)10-12(2)15-16-18-19-17-15/h4-9,12H,10H2,1-3H3,(H,16,17,18,19)/b8-7+/t12-/m1/s1. The Balaban J connectivity index is 1.93. The summed E-state index contributed by atoms with van der Waals surface area (Å²) in [5, 5.41) is 13.8. The number of aryl methyl sites for hydroxylation is 1. The van der Waals surface area contributed by atoms with E-state index in [2.05, 4.69) is 20.6 Å². The summed E-state index contributed by atoms with van der Waals surface area (Å²) >= 11 is 0. The van der Waals surface area contributed by atoms with Gasteiger partial charge in [0, 0.05) is 25.6 Å². The second kappa shape index (κ2) is 6.78. The van der Waals surface area contributed by atoms with Crippen LogP contribution >= 0.6 is 0 Å². The molecular weight excluding hydrogens is 266 g/mol. The smallest absolute Gasteiger partial charge is 0.246 e. The first-order chi connectivity index (χ1) is 10.1. The third-order valence-electron chi connectivity index (χ3n) is 3.19. The van der Waals surface area contributed by atoms with Gasteiger partial charge in [0.2, 0.25) is 5.91 Å². The molecular formula is C15H19N5O. The molecule has 6 heteroatoms. The number of benzene rings is 1. The molecule has 0 spiro atoms. The first kappa shape index (κ1) is 14.9. The molecule has 0 aliphatic heterocycles. The van der Waals surface area contributed by atoms with Crippen molar-refractivity contribution in [2.45, 2.75) is 19.8 Å². The molecule has 1 N–H and O–H groups in total. The molecule has 0 radical (unpaired) electrons. The van der Waals surface area contributed by atoms with Crippen LogP contribution in [0.4, 0.5) is 0 Å². The molecule has 0 saturated heterocycles. The molecule has 1 heterocycles. The van der Waals surface area contributed by atoms with E-state index >= 15 is 0 Å². The lowest BCUT2D eigenvalue weighted by Gasteiger charge is -2.18. The molecule has 1 aromatic heterocycles. The highest BCUT2D eigenvalue weighted by Crippen LogP contribution is 2.10. The van der Waals surface area contributed by atoms with Crippen LogP contribution in [0.15, 0.2) is 30.3 Å². The number of nitrogens with one attached hydrogen (secondary N) is 1. The lowest BCUT2D eigenvalue weighted by atomic mass is 10.1. The molecule has 1 amide bonds. The van der Waals surface area contributed by atoms with Gasteiger partial charge >= 0.3 is 0 Å². The summed E-state index contributed by atoms with van der Waals surface area (Å²) < 4.78 is 0. The number of amides is 1. The number of tetrazole rings is 1. The highest BCUT2D eigenvalue weighted by atomic mass is 16.2. The van der Waals surface area contributed by atoms with Gasteiger partial charge in [-0.2, -0.15) is 5.21 Å². The van der Waals surface area contributed by atoms with E-state index in [-0.39, 0.29) is 11.8 Å². The monoisotopic (exact) mass is 285 g/mol. The zero-order valence-corrected chi connectivity index (χ0v) is 12.4. The zero-order chi connectivity index (χ0) is 15.2. The number of likely N-dealkylation sites (N-methyl/N-ethyl adjacent to an activating group) is 1. The molecule has 0 fully saturated rings. The topological polar surface area (TPSA) is 74.8 Å². The van der Waals surface area contributed by atoms with Crippen molar-refractivity contribution >= 4 is 12.0 Å². The number of H-pyrrole nitrogens is 1. The number of aromatic amines is 1. The molecule has 0 unspecified atom stereocenters. The molecule has 21 heavy (non-hydrogen) atoms. The normalized spacial score (nSPS) is 12.5. The van der Waals surface area contributed by atoms with Gasteiger partial charge in [-0.05, 0) is 18.6 Å². The number of rotatable bonds is 5. The Kier molecular flexibility index (Phi) is 4.81. The number of carbonyl (C=O) groups is 1. The van der Waals surface area contributed by atoms with E-state index in [9.17, 15) is 4.79 Å². The highest BCUT2D eigenvalue weighted by Gasteiger charge is 2.15. The third kappa shape index (κ3) is 4.24. The van der Waals surface area contributed by atoms with E-state index in [4.69, 9.17) is 0 Å². The van der Waals surface area contributed by atoms with Crippen molar-refractivity contribution in [3.05, 3.63) is 47.3 Å². The van der Waals surface area contributed by atoms with Crippen LogP contribution < -0.4 is 0 Å². The lowest BCUT2D eigenvalue weighted by molar-refractivity contribution is -0.124. The molecule has 2 rings (SSSR count). The fourth-order valence-electron chi connectivity index (χ4n) is 2.03. The van der Waals surface area contributed by atoms with Crippen LogP contribution in [0.3, 0.4) is 0 Å². The minimum absolute atomic E-state index is 0.0325. The van der Waals surface area contributed by atoms with Crippen molar-refractivity contribution in [3.63, 3.8) is 0 Å². The van der Waals surface area contributed by atoms with E-state index in [0.717, 1.165) is 5.56 Å². The molecule has 6 nitrogen and oxygen atoms in total. The van der Waals surface area contributed by atoms with Crippen LogP contribution in [-0.2, 0) is 4.79 Å². The molecule has 2 aromatic rings. The molecule has 0 aliphatic carbocycles. The fraction of sp³-hybridized carbons (Fsp3) is 0.333. The van der Waals surface area contributed by atoms with Crippen LogP contribution in [0.1, 0.15) is 29.8 Å². The quantitative estimate of drug-likeness (QED) is 0.850. The zero-order valence-electron chi connectivity index (χ0n) is 12.4. The number of hydrogen-bond donors (Lipinski definition) is 1. The summed E-state index contributed by atoms with van der Waals surface area (Å²) in [6.45, 7) is 4.52. The second-order valence-corrected chi connectivity index (χ2v) is 5.14. The maximum absolute atomic E-state index is 12.1. The Morgan fingerprint density at radius 1 is 1.48 bits per heavy atom. The average molecular weight is 285 g/mol. The first-order valence-electron chi connectivity index (χ1n) is 6.79. The minimum atomic E-state index is -0.0492. The van der Waals surface area contributed by atoms with Gasteiger partial charge in [0.1, 0.15) is 0 Å². The van der Waals surface area contributed by atoms with Gasteiger partial charge < -0.3 is 4.90 Å². The molecule has 1 aromatic carbocycles. The van der Waals surface area contributed by atoms with Crippen LogP contribution in [0, 0.1) is 6.92 Å². The predicted molar refractivity (Wildman–Crippen MR) is 80.4 cm³/mol. The van der Waals surface area contributed by atoms with Gasteiger partial charge in [-0.15, -0.1) is 10.2 Å². The number of nitrogens with zero attached hydrogens (tertiary/aromatic N) is 4. The van der Waals surface area contributed by atoms with Crippen LogP contribution in [-0.4, -0.2) is 45.0 Å². The molecule has 1 atom stereocenters. The maximum Gasteiger partial charge on any atom is 0.246 e. The van der Waals surface area contributed by atoms with Gasteiger partial charge in [0.05, 0.1) is 0 Å². The Morgan fingerprint density at radius 2 is 2.29 bits per heavy atom. The minimum Gasteiger partial charge on any atom is -0.341 e. The Labute approximate surface area is 123 Å². The fourth-order valence-corrected chi connectivity index (χ4v) is 2.03. The van der Waals surface area contributed by atoms with Crippen molar-refractivity contribution in [2.24, 2.45) is 0 Å². The van der Waals surface area contributed by atoms with E-state index < -0.39 is 0 Å². The molecule has 0 saturated carbocycles. The number of aromatic nitrogens is 4. The van der Waals surface area contributed by atoms with E-state index in [1.165, 1.54) is 5.56 Å². The first-order valence-corrected chi connectivity index (χ1v) is 6.79. The van der Waals surface area contributed by atoms with Gasteiger partial charge in [0.25, 0.3) is 0 Å². The highest BCUT2D eigenvalue weighted by molar-refractivity contribution is 5.91. The lowest BCUT2D eigenvalue weighted by Crippen LogP contribution is -2.29. The maximum atomic E-state index is 12.1. The summed E-state index contributed by atoms with van der Waals surface area (Å²) in [4.78, 5) is 13.7. The van der Waals surface area contributed by atoms with Crippen molar-refractivity contribution in [3.8, 4) is 0 Å². The van der Waals surface area contributed by atoms with Crippen molar-refractivity contribution < 1.29 is 4.79 Å². The molecule has 0 aliphatic rings. The number of hydrogen-bond acceptors (Lipinski definition) is 4. The van der Waals surface area contributed by atoms with E-state index in [1.54, 1.807) is 18.0 Å². The largest absolute Gasteiger partial charge is 0.341 e. The Bertz CT molecular complexity index is 621. The van der Waals surface area contributed by atoms with Crippen LogP contribution in [0.5, 0.6) is 0 Å². The van der Waals surface area contributed by atoms with E-state index in [1.807, 2.05) is 44.2 Å². The number of carbonyl (C=O) groups excluding carboxylic acids is 1. The van der Waals surface area contributed by atoms with Crippen molar-refractivity contribution in [1.29, 1.82) is 0 Å². The van der Waals surface area contributed by atoms with E-state index in [0.29, 0.717) is 12.4 Å². The predicted octanol–water partition coefficient (Wildman–Crippen LogP) is 1.78. The van der Waals surface area contributed by atoms with Gasteiger partial charge in [-0.25, -0.2) is 0 Å². The summed E-state index contributed by atoms with van der Waals surface area (Å²) in [6, 6.07) is 8.00. The van der Waals surface area contributed by atoms with Gasteiger partial charge in [-0.1, -0.05) is 42.0 Å². The summed E-state index contributed by atoms with van der Waals surface area (Å²) in [7, 11) is 1.76. The average Bonchev–Trinajstić information content (AvgIpc) is 2.99. The summed E-state index contributed by atoms with van der Waals surface area (Å²) in [5.74, 6) is 0.592. The SMILES string of the molecule is Cc1cccc(/C=C/C(=O)N(C)C[C@@H](C)c2nn[nH]n2)c1. The van der Waals surface area contributed by atoms with Crippen molar-refractivity contribution in [2.75, 3.05) is 13.6 Å².